The molecule has 3 aromatic heterocycles. The topological polar surface area (TPSA) is 29.5 Å². The Labute approximate surface area is 356 Å². The van der Waals surface area contributed by atoms with Crippen LogP contribution in [0, 0.1) is 0 Å². The molecule has 9 aromatic carbocycles. The average molecular weight is 800 g/mol. The van der Waals surface area contributed by atoms with Crippen LogP contribution in [0.25, 0.3) is 97.4 Å². The number of furan rings is 2. The zero-order valence-corrected chi connectivity index (χ0v) is 34.4. The molecule has 288 valence electrons. The standard InChI is InChI=1S/C57H37NO2S/c1-57(2)46-19-7-3-13-38(46)39-28-26-36(33-47(39)57)58(35-27-29-51-44(32-35)40-14-4-8-21-49(40)59-51)48-20-11-17-37(34-25-30-54-45(31-34)41-15-6-10-24-53(41)61-54)55(48)43-18-12-23-52-56(43)42-16-5-9-22-50(42)60-52/h3-33H,1-2H3. The fraction of sp³-hybridized carbons (Fsp3) is 0.0526. The Morgan fingerprint density at radius 2 is 1.03 bits per heavy atom. The summed E-state index contributed by atoms with van der Waals surface area (Å²) in [5.74, 6) is 0. The summed E-state index contributed by atoms with van der Waals surface area (Å²) in [6, 6.07) is 68.4. The third kappa shape index (κ3) is 5.03. The van der Waals surface area contributed by atoms with Gasteiger partial charge in [0.25, 0.3) is 0 Å². The Morgan fingerprint density at radius 1 is 0.410 bits per heavy atom. The Bertz CT molecular complexity index is 3770. The number of hydrogen-bond acceptors (Lipinski definition) is 4. The number of hydrogen-bond donors (Lipinski definition) is 0. The molecule has 0 amide bonds. The van der Waals surface area contributed by atoms with Crippen LogP contribution in [-0.2, 0) is 5.41 Å². The number of rotatable bonds is 5. The molecular formula is C57H37NO2S. The summed E-state index contributed by atoms with van der Waals surface area (Å²) in [7, 11) is 0. The Balaban J connectivity index is 1.14. The van der Waals surface area contributed by atoms with Gasteiger partial charge in [0, 0.05) is 64.1 Å². The van der Waals surface area contributed by atoms with Gasteiger partial charge in [0.1, 0.15) is 22.3 Å². The van der Waals surface area contributed by atoms with Gasteiger partial charge in [0.15, 0.2) is 0 Å². The zero-order chi connectivity index (χ0) is 40.4. The smallest absolute Gasteiger partial charge is 0.136 e. The lowest BCUT2D eigenvalue weighted by Gasteiger charge is -2.31. The molecule has 3 heterocycles. The van der Waals surface area contributed by atoms with E-state index < -0.39 is 0 Å². The van der Waals surface area contributed by atoms with E-state index in [0.717, 1.165) is 77.6 Å². The van der Waals surface area contributed by atoms with Gasteiger partial charge in [-0.05, 0) is 112 Å². The van der Waals surface area contributed by atoms with Gasteiger partial charge < -0.3 is 13.7 Å². The molecular weight excluding hydrogens is 763 g/mol. The van der Waals surface area contributed by atoms with Crippen molar-refractivity contribution in [3.05, 3.63) is 199 Å². The zero-order valence-electron chi connectivity index (χ0n) is 33.6. The molecule has 4 heteroatoms. The summed E-state index contributed by atoms with van der Waals surface area (Å²) in [6.45, 7) is 4.72. The van der Waals surface area contributed by atoms with E-state index in [2.05, 4.69) is 201 Å². The Hall–Kier alpha value is -7.40. The summed E-state index contributed by atoms with van der Waals surface area (Å²) in [5.41, 5.74) is 16.4. The molecule has 0 spiro atoms. The van der Waals surface area contributed by atoms with Crippen LogP contribution in [0.1, 0.15) is 25.0 Å². The normalized spacial score (nSPS) is 13.2. The second kappa shape index (κ2) is 12.8. The van der Waals surface area contributed by atoms with Crippen molar-refractivity contribution in [1.29, 1.82) is 0 Å². The van der Waals surface area contributed by atoms with Crippen molar-refractivity contribution < 1.29 is 8.83 Å². The number of para-hydroxylation sites is 2. The third-order valence-electron chi connectivity index (χ3n) is 13.1. The van der Waals surface area contributed by atoms with E-state index in [1.807, 2.05) is 17.4 Å². The summed E-state index contributed by atoms with van der Waals surface area (Å²) >= 11 is 1.85. The van der Waals surface area contributed by atoms with Gasteiger partial charge in [-0.25, -0.2) is 0 Å². The van der Waals surface area contributed by atoms with Crippen LogP contribution >= 0.6 is 11.3 Å². The molecule has 0 bridgehead atoms. The minimum absolute atomic E-state index is 0.178. The van der Waals surface area contributed by atoms with Crippen LogP contribution in [0.5, 0.6) is 0 Å². The van der Waals surface area contributed by atoms with Crippen molar-refractivity contribution in [2.45, 2.75) is 19.3 Å². The molecule has 0 saturated carbocycles. The van der Waals surface area contributed by atoms with Crippen molar-refractivity contribution in [2.75, 3.05) is 4.90 Å². The second-order valence-electron chi connectivity index (χ2n) is 16.8. The first-order chi connectivity index (χ1) is 30.0. The molecule has 3 nitrogen and oxygen atoms in total. The molecule has 0 atom stereocenters. The van der Waals surface area contributed by atoms with Crippen molar-refractivity contribution in [3.8, 4) is 33.4 Å². The van der Waals surface area contributed by atoms with Gasteiger partial charge in [-0.3, -0.25) is 0 Å². The SMILES string of the molecule is CC1(C)c2ccccc2-c2ccc(N(c3ccc4oc5ccccc5c4c3)c3cccc(-c4ccc5sc6ccccc6c5c4)c3-c3cccc4oc5ccccc5c34)cc21. The van der Waals surface area contributed by atoms with Crippen molar-refractivity contribution in [1.82, 2.24) is 0 Å². The number of thiophene rings is 1. The van der Waals surface area contributed by atoms with Crippen molar-refractivity contribution in [2.24, 2.45) is 0 Å². The highest BCUT2D eigenvalue weighted by molar-refractivity contribution is 7.25. The Kier molecular flexibility index (Phi) is 7.23. The van der Waals surface area contributed by atoms with Crippen molar-refractivity contribution >= 4 is 92.4 Å². The molecule has 1 aliphatic rings. The van der Waals surface area contributed by atoms with E-state index in [9.17, 15) is 0 Å². The second-order valence-corrected chi connectivity index (χ2v) is 17.9. The van der Waals surface area contributed by atoms with Gasteiger partial charge in [-0.2, -0.15) is 0 Å². The molecule has 0 fully saturated rings. The molecule has 0 N–H and O–H groups in total. The predicted octanol–water partition coefficient (Wildman–Crippen LogP) is 17.0. The highest BCUT2D eigenvalue weighted by Crippen LogP contribution is 2.53. The summed E-state index contributed by atoms with van der Waals surface area (Å²) < 4.78 is 15.6. The highest BCUT2D eigenvalue weighted by atomic mass is 32.1. The third-order valence-corrected chi connectivity index (χ3v) is 14.2. The molecule has 13 rings (SSSR count). The van der Waals surface area contributed by atoms with Crippen LogP contribution in [0.3, 0.4) is 0 Å². The maximum atomic E-state index is 6.59. The van der Waals surface area contributed by atoms with Crippen molar-refractivity contribution in [3.63, 3.8) is 0 Å². The van der Waals surface area contributed by atoms with Crippen LogP contribution in [0.4, 0.5) is 17.1 Å². The quantitative estimate of drug-likeness (QED) is 0.174. The maximum Gasteiger partial charge on any atom is 0.136 e. The lowest BCUT2D eigenvalue weighted by atomic mass is 9.82. The average Bonchev–Trinajstić information content (AvgIpc) is 4.04. The highest BCUT2D eigenvalue weighted by Gasteiger charge is 2.36. The first-order valence-corrected chi connectivity index (χ1v) is 21.7. The monoisotopic (exact) mass is 799 g/mol. The van der Waals surface area contributed by atoms with E-state index in [1.54, 1.807) is 0 Å². The van der Waals surface area contributed by atoms with E-state index in [0.29, 0.717) is 0 Å². The fourth-order valence-corrected chi connectivity index (χ4v) is 11.3. The predicted molar refractivity (Wildman–Crippen MR) is 257 cm³/mol. The van der Waals surface area contributed by atoms with E-state index in [1.165, 1.54) is 48.0 Å². The molecule has 1 aliphatic carbocycles. The summed E-state index contributed by atoms with van der Waals surface area (Å²) in [6.07, 6.45) is 0. The molecule has 61 heavy (non-hydrogen) atoms. The van der Waals surface area contributed by atoms with Gasteiger partial charge in [-0.15, -0.1) is 11.3 Å². The summed E-state index contributed by atoms with van der Waals surface area (Å²) in [5, 5.41) is 6.95. The molecule has 0 aliphatic heterocycles. The number of anilines is 3. The van der Waals surface area contributed by atoms with Crippen LogP contribution < -0.4 is 4.90 Å². The molecule has 0 radical (unpaired) electrons. The van der Waals surface area contributed by atoms with E-state index >= 15 is 0 Å². The minimum Gasteiger partial charge on any atom is -0.456 e. The van der Waals surface area contributed by atoms with Crippen LogP contribution in [0.15, 0.2) is 197 Å². The lowest BCUT2D eigenvalue weighted by Crippen LogP contribution is -2.17. The first-order valence-electron chi connectivity index (χ1n) is 20.9. The molecule has 12 aromatic rings. The fourth-order valence-electron chi connectivity index (χ4n) is 10.2. The maximum absolute atomic E-state index is 6.59. The minimum atomic E-state index is -0.178. The molecule has 0 unspecified atom stereocenters. The van der Waals surface area contributed by atoms with E-state index in [4.69, 9.17) is 8.83 Å². The molecule has 0 saturated heterocycles. The van der Waals surface area contributed by atoms with Crippen LogP contribution in [-0.4, -0.2) is 0 Å². The number of fused-ring (bicyclic) bond motifs is 12. The van der Waals surface area contributed by atoms with Gasteiger partial charge in [0.2, 0.25) is 0 Å². The Morgan fingerprint density at radius 3 is 1.93 bits per heavy atom. The van der Waals surface area contributed by atoms with Gasteiger partial charge >= 0.3 is 0 Å². The number of nitrogens with zero attached hydrogens (tertiary/aromatic N) is 1. The largest absolute Gasteiger partial charge is 0.456 e. The summed E-state index contributed by atoms with van der Waals surface area (Å²) in [4.78, 5) is 2.47. The van der Waals surface area contributed by atoms with Gasteiger partial charge in [-0.1, -0.05) is 129 Å². The first kappa shape index (κ1) is 34.5. The lowest BCUT2D eigenvalue weighted by molar-refractivity contribution is 0.660. The van der Waals surface area contributed by atoms with Gasteiger partial charge in [0.05, 0.1) is 5.69 Å². The number of benzene rings is 9. The van der Waals surface area contributed by atoms with E-state index in [-0.39, 0.29) is 5.41 Å². The van der Waals surface area contributed by atoms with Crippen LogP contribution in [0.2, 0.25) is 0 Å².